The average molecular weight is 291 g/mol. The number of aromatic nitrogens is 1. The van der Waals surface area contributed by atoms with E-state index < -0.39 is 0 Å². The monoisotopic (exact) mass is 291 g/mol. The highest BCUT2D eigenvalue weighted by Gasteiger charge is 2.15. The second-order valence-corrected chi connectivity index (χ2v) is 5.50. The molecular weight excluding hydrogens is 262 g/mol. The standard InChI is InChI=1S/C17H29N3O/c1-3-7-15(11-12-18)9-10-17(21)20(4-2)14-16-8-5-6-13-19-16/h5-6,8,13,15H,3-4,7,9-12,14,18H2,1-2H3. The van der Waals surface area contributed by atoms with Gasteiger partial charge in [-0.15, -0.1) is 0 Å². The molecule has 0 saturated carbocycles. The van der Waals surface area contributed by atoms with Crippen LogP contribution < -0.4 is 5.73 Å². The van der Waals surface area contributed by atoms with Crippen LogP contribution >= 0.6 is 0 Å². The Bertz CT molecular complexity index is 388. The Balaban J connectivity index is 2.47. The van der Waals surface area contributed by atoms with Crippen LogP contribution in [0.2, 0.25) is 0 Å². The molecule has 4 heteroatoms. The number of carbonyl (C=O) groups is 1. The normalized spacial score (nSPS) is 12.1. The quantitative estimate of drug-likeness (QED) is 0.721. The number of carbonyl (C=O) groups excluding carboxylic acids is 1. The molecule has 0 saturated heterocycles. The molecule has 1 heterocycles. The summed E-state index contributed by atoms with van der Waals surface area (Å²) in [5.41, 5.74) is 6.59. The van der Waals surface area contributed by atoms with Gasteiger partial charge < -0.3 is 10.6 Å². The van der Waals surface area contributed by atoms with Gasteiger partial charge in [0, 0.05) is 19.2 Å². The first-order chi connectivity index (χ1) is 10.2. The smallest absolute Gasteiger partial charge is 0.222 e. The van der Waals surface area contributed by atoms with Crippen LogP contribution in [-0.4, -0.2) is 28.9 Å². The van der Waals surface area contributed by atoms with E-state index in [4.69, 9.17) is 5.73 Å². The molecular formula is C17H29N3O. The first-order valence-corrected chi connectivity index (χ1v) is 8.08. The van der Waals surface area contributed by atoms with E-state index in [-0.39, 0.29) is 5.91 Å². The van der Waals surface area contributed by atoms with Crippen molar-refractivity contribution in [3.63, 3.8) is 0 Å². The van der Waals surface area contributed by atoms with Crippen molar-refractivity contribution < 1.29 is 4.79 Å². The molecule has 0 aliphatic heterocycles. The van der Waals surface area contributed by atoms with Gasteiger partial charge in [0.05, 0.1) is 12.2 Å². The Kier molecular flexibility index (Phi) is 8.67. The van der Waals surface area contributed by atoms with Crippen molar-refractivity contribution in [2.45, 2.75) is 52.5 Å². The Morgan fingerprint density at radius 1 is 1.29 bits per heavy atom. The van der Waals surface area contributed by atoms with Crippen LogP contribution in [0.25, 0.3) is 0 Å². The summed E-state index contributed by atoms with van der Waals surface area (Å²) >= 11 is 0. The third-order valence-electron chi connectivity index (χ3n) is 3.85. The molecule has 2 N–H and O–H groups in total. The van der Waals surface area contributed by atoms with Gasteiger partial charge in [-0.2, -0.15) is 0 Å². The average Bonchev–Trinajstić information content (AvgIpc) is 2.51. The summed E-state index contributed by atoms with van der Waals surface area (Å²) in [6.07, 6.45) is 6.68. The molecule has 1 atom stereocenters. The van der Waals surface area contributed by atoms with Gasteiger partial charge in [0.2, 0.25) is 5.91 Å². The molecule has 1 rings (SSSR count). The van der Waals surface area contributed by atoms with E-state index in [1.165, 1.54) is 0 Å². The maximum Gasteiger partial charge on any atom is 0.222 e. The van der Waals surface area contributed by atoms with Crippen molar-refractivity contribution in [1.29, 1.82) is 0 Å². The Morgan fingerprint density at radius 2 is 2.10 bits per heavy atom. The number of nitrogens with zero attached hydrogens (tertiary/aromatic N) is 2. The number of nitrogens with two attached hydrogens (primary N) is 1. The van der Waals surface area contributed by atoms with Crippen LogP contribution in [0, 0.1) is 5.92 Å². The highest BCUT2D eigenvalue weighted by molar-refractivity contribution is 5.76. The van der Waals surface area contributed by atoms with Gasteiger partial charge >= 0.3 is 0 Å². The molecule has 21 heavy (non-hydrogen) atoms. The minimum absolute atomic E-state index is 0.223. The molecule has 1 aromatic heterocycles. The third kappa shape index (κ3) is 6.71. The van der Waals surface area contributed by atoms with Crippen LogP contribution in [0.4, 0.5) is 0 Å². The maximum atomic E-state index is 12.4. The molecule has 0 spiro atoms. The van der Waals surface area contributed by atoms with Crippen molar-refractivity contribution >= 4 is 5.91 Å². The first-order valence-electron chi connectivity index (χ1n) is 8.08. The molecule has 0 fully saturated rings. The zero-order valence-electron chi connectivity index (χ0n) is 13.4. The first kappa shape index (κ1) is 17.6. The number of hydrogen-bond donors (Lipinski definition) is 1. The topological polar surface area (TPSA) is 59.2 Å². The van der Waals surface area contributed by atoms with E-state index in [2.05, 4.69) is 11.9 Å². The lowest BCUT2D eigenvalue weighted by Crippen LogP contribution is -2.31. The fourth-order valence-electron chi connectivity index (χ4n) is 2.63. The summed E-state index contributed by atoms with van der Waals surface area (Å²) in [5, 5.41) is 0. The van der Waals surface area contributed by atoms with Crippen molar-refractivity contribution in [3.8, 4) is 0 Å². The summed E-state index contributed by atoms with van der Waals surface area (Å²) < 4.78 is 0. The predicted octanol–water partition coefficient (Wildman–Crippen LogP) is 2.98. The Hall–Kier alpha value is -1.42. The van der Waals surface area contributed by atoms with Crippen LogP contribution in [0.5, 0.6) is 0 Å². The second kappa shape index (κ2) is 10.3. The van der Waals surface area contributed by atoms with Crippen LogP contribution in [0.1, 0.15) is 51.6 Å². The van der Waals surface area contributed by atoms with Gasteiger partial charge in [-0.3, -0.25) is 9.78 Å². The minimum atomic E-state index is 0.223. The summed E-state index contributed by atoms with van der Waals surface area (Å²) in [4.78, 5) is 18.5. The molecule has 0 radical (unpaired) electrons. The van der Waals surface area contributed by atoms with Gasteiger partial charge in [0.15, 0.2) is 0 Å². The van der Waals surface area contributed by atoms with Crippen LogP contribution in [0.3, 0.4) is 0 Å². The predicted molar refractivity (Wildman–Crippen MR) is 86.6 cm³/mol. The summed E-state index contributed by atoms with van der Waals surface area (Å²) in [6, 6.07) is 5.81. The van der Waals surface area contributed by atoms with Crippen LogP contribution in [0.15, 0.2) is 24.4 Å². The van der Waals surface area contributed by atoms with Crippen LogP contribution in [-0.2, 0) is 11.3 Å². The lowest BCUT2D eigenvalue weighted by molar-refractivity contribution is -0.132. The summed E-state index contributed by atoms with van der Waals surface area (Å²) in [5.74, 6) is 0.804. The van der Waals surface area contributed by atoms with Crippen molar-refractivity contribution in [1.82, 2.24) is 9.88 Å². The summed E-state index contributed by atoms with van der Waals surface area (Å²) in [7, 11) is 0. The zero-order chi connectivity index (χ0) is 15.5. The van der Waals surface area contributed by atoms with E-state index in [9.17, 15) is 4.79 Å². The second-order valence-electron chi connectivity index (χ2n) is 5.50. The Morgan fingerprint density at radius 3 is 2.67 bits per heavy atom. The van der Waals surface area contributed by atoms with Gasteiger partial charge in [0.1, 0.15) is 0 Å². The van der Waals surface area contributed by atoms with Gasteiger partial charge in [-0.05, 0) is 44.4 Å². The lowest BCUT2D eigenvalue weighted by atomic mass is 9.94. The van der Waals surface area contributed by atoms with Gasteiger partial charge in [0.25, 0.3) is 0 Å². The van der Waals surface area contributed by atoms with E-state index >= 15 is 0 Å². The zero-order valence-corrected chi connectivity index (χ0v) is 13.4. The van der Waals surface area contributed by atoms with Gasteiger partial charge in [-0.25, -0.2) is 0 Å². The van der Waals surface area contributed by atoms with E-state index in [0.29, 0.717) is 25.4 Å². The molecule has 118 valence electrons. The number of pyridine rings is 1. The van der Waals surface area contributed by atoms with Crippen molar-refractivity contribution in [2.24, 2.45) is 11.7 Å². The van der Waals surface area contributed by atoms with E-state index in [1.54, 1.807) is 6.20 Å². The maximum absolute atomic E-state index is 12.4. The molecule has 0 bridgehead atoms. The molecule has 0 aromatic carbocycles. The largest absolute Gasteiger partial charge is 0.337 e. The molecule has 0 aliphatic rings. The molecule has 0 aliphatic carbocycles. The third-order valence-corrected chi connectivity index (χ3v) is 3.85. The number of amides is 1. The lowest BCUT2D eigenvalue weighted by Gasteiger charge is -2.22. The van der Waals surface area contributed by atoms with Crippen molar-refractivity contribution in [2.75, 3.05) is 13.1 Å². The highest BCUT2D eigenvalue weighted by Crippen LogP contribution is 2.18. The molecule has 1 unspecified atom stereocenters. The van der Waals surface area contributed by atoms with E-state index in [0.717, 1.165) is 37.9 Å². The SMILES string of the molecule is CCCC(CCN)CCC(=O)N(CC)Cc1ccccn1. The fourth-order valence-corrected chi connectivity index (χ4v) is 2.63. The summed E-state index contributed by atoms with van der Waals surface area (Å²) in [6.45, 7) is 6.25. The fraction of sp³-hybridized carbons (Fsp3) is 0.647. The minimum Gasteiger partial charge on any atom is -0.337 e. The highest BCUT2D eigenvalue weighted by atomic mass is 16.2. The molecule has 1 amide bonds. The molecule has 4 nitrogen and oxygen atoms in total. The molecule has 1 aromatic rings. The van der Waals surface area contributed by atoms with Gasteiger partial charge in [-0.1, -0.05) is 25.8 Å². The number of rotatable bonds is 10. The Labute approximate surface area is 128 Å². The van der Waals surface area contributed by atoms with Crippen molar-refractivity contribution in [3.05, 3.63) is 30.1 Å². The number of hydrogen-bond acceptors (Lipinski definition) is 3. The van der Waals surface area contributed by atoms with E-state index in [1.807, 2.05) is 30.0 Å².